The molecule has 0 atom stereocenters. The second-order valence-electron chi connectivity index (χ2n) is 4.11. The first-order chi connectivity index (χ1) is 10.2. The summed E-state index contributed by atoms with van der Waals surface area (Å²) in [4.78, 5) is 33.6. The Bertz CT molecular complexity index is 804. The third-order valence-electron chi connectivity index (χ3n) is 2.72. The summed E-state index contributed by atoms with van der Waals surface area (Å²) in [7, 11) is 0. The summed E-state index contributed by atoms with van der Waals surface area (Å²) in [6.07, 6.45) is 5.80. The summed E-state index contributed by atoms with van der Waals surface area (Å²) in [5, 5.41) is 6.71. The zero-order chi connectivity index (χ0) is 14.7. The van der Waals surface area contributed by atoms with Crippen molar-refractivity contribution in [3.63, 3.8) is 0 Å². The molecule has 0 aliphatic carbocycles. The van der Waals surface area contributed by atoms with Crippen molar-refractivity contribution in [2.24, 2.45) is 0 Å². The quantitative estimate of drug-likeness (QED) is 0.732. The fourth-order valence-electron chi connectivity index (χ4n) is 1.74. The van der Waals surface area contributed by atoms with E-state index in [0.29, 0.717) is 17.1 Å². The SMILES string of the molecule is O=C(Nc1cccnc1-n1cncn1)c1ccc(=O)[nH]c1. The molecule has 0 fully saturated rings. The minimum absolute atomic E-state index is 0.267. The highest BCUT2D eigenvalue weighted by atomic mass is 16.1. The van der Waals surface area contributed by atoms with E-state index >= 15 is 0 Å². The van der Waals surface area contributed by atoms with E-state index < -0.39 is 0 Å². The molecular formula is C13H10N6O2. The Morgan fingerprint density at radius 2 is 2.19 bits per heavy atom. The molecular weight excluding hydrogens is 272 g/mol. The van der Waals surface area contributed by atoms with E-state index in [1.54, 1.807) is 18.3 Å². The average Bonchev–Trinajstić information content (AvgIpc) is 3.02. The molecule has 0 spiro atoms. The van der Waals surface area contributed by atoms with Gasteiger partial charge in [0.1, 0.15) is 12.7 Å². The Balaban J connectivity index is 1.90. The van der Waals surface area contributed by atoms with Crippen molar-refractivity contribution in [3.8, 4) is 5.82 Å². The molecule has 8 heteroatoms. The number of anilines is 1. The predicted molar refractivity (Wildman–Crippen MR) is 74.2 cm³/mol. The van der Waals surface area contributed by atoms with E-state index in [4.69, 9.17) is 0 Å². The lowest BCUT2D eigenvalue weighted by Gasteiger charge is -2.09. The molecule has 3 heterocycles. The minimum Gasteiger partial charge on any atom is -0.328 e. The van der Waals surface area contributed by atoms with Crippen molar-refractivity contribution >= 4 is 11.6 Å². The van der Waals surface area contributed by atoms with Crippen molar-refractivity contribution in [1.29, 1.82) is 0 Å². The van der Waals surface area contributed by atoms with Gasteiger partial charge in [0.2, 0.25) is 5.56 Å². The van der Waals surface area contributed by atoms with Gasteiger partial charge in [-0.05, 0) is 18.2 Å². The lowest BCUT2D eigenvalue weighted by Crippen LogP contribution is -2.16. The van der Waals surface area contributed by atoms with Gasteiger partial charge in [0, 0.05) is 18.5 Å². The number of carbonyl (C=O) groups is 1. The Hall–Kier alpha value is -3.29. The predicted octanol–water partition coefficient (Wildman–Crippen LogP) is 0.603. The molecule has 0 radical (unpaired) electrons. The molecule has 0 bridgehead atoms. The van der Waals surface area contributed by atoms with Gasteiger partial charge in [0.25, 0.3) is 5.91 Å². The number of H-pyrrole nitrogens is 1. The monoisotopic (exact) mass is 282 g/mol. The molecule has 0 aliphatic rings. The lowest BCUT2D eigenvalue weighted by molar-refractivity contribution is 0.102. The van der Waals surface area contributed by atoms with Gasteiger partial charge in [-0.25, -0.2) is 14.6 Å². The normalized spacial score (nSPS) is 10.3. The molecule has 3 rings (SSSR count). The Kier molecular flexibility index (Phi) is 3.26. The summed E-state index contributed by atoms with van der Waals surface area (Å²) in [5.41, 5.74) is 0.554. The second kappa shape index (κ2) is 5.37. The van der Waals surface area contributed by atoms with Crippen LogP contribution in [0.4, 0.5) is 5.69 Å². The van der Waals surface area contributed by atoms with Crippen LogP contribution in [-0.4, -0.2) is 30.6 Å². The molecule has 0 saturated carbocycles. The number of aromatic nitrogens is 5. The van der Waals surface area contributed by atoms with Crippen molar-refractivity contribution in [3.05, 3.63) is 65.2 Å². The van der Waals surface area contributed by atoms with Crippen molar-refractivity contribution in [1.82, 2.24) is 24.7 Å². The van der Waals surface area contributed by atoms with Crippen LogP contribution < -0.4 is 10.9 Å². The summed E-state index contributed by atoms with van der Waals surface area (Å²) in [6.45, 7) is 0. The fourth-order valence-corrected chi connectivity index (χ4v) is 1.74. The van der Waals surface area contributed by atoms with E-state index in [0.717, 1.165) is 0 Å². The van der Waals surface area contributed by atoms with Crippen LogP contribution in [-0.2, 0) is 0 Å². The van der Waals surface area contributed by atoms with Crippen molar-refractivity contribution in [2.75, 3.05) is 5.32 Å². The standard InChI is InChI=1S/C13H10N6O2/c20-11-4-3-9(6-16-11)13(21)18-10-2-1-5-15-12(10)19-8-14-7-17-19/h1-8H,(H,16,20)(H,18,21). The van der Waals surface area contributed by atoms with E-state index in [9.17, 15) is 9.59 Å². The maximum absolute atomic E-state index is 12.1. The number of rotatable bonds is 3. The molecule has 104 valence electrons. The number of carbonyl (C=O) groups excluding carboxylic acids is 1. The van der Waals surface area contributed by atoms with Crippen LogP contribution in [0.1, 0.15) is 10.4 Å². The average molecular weight is 282 g/mol. The molecule has 0 saturated heterocycles. The Morgan fingerprint density at radius 1 is 1.29 bits per heavy atom. The van der Waals surface area contributed by atoms with Crippen LogP contribution in [0.2, 0.25) is 0 Å². The van der Waals surface area contributed by atoms with E-state index in [1.165, 1.54) is 35.7 Å². The smallest absolute Gasteiger partial charge is 0.257 e. The highest BCUT2D eigenvalue weighted by Gasteiger charge is 2.11. The van der Waals surface area contributed by atoms with Gasteiger partial charge in [-0.2, -0.15) is 5.10 Å². The largest absolute Gasteiger partial charge is 0.328 e. The number of hydrogen-bond donors (Lipinski definition) is 2. The minimum atomic E-state index is -0.361. The van der Waals surface area contributed by atoms with E-state index in [1.807, 2.05) is 0 Å². The van der Waals surface area contributed by atoms with Crippen LogP contribution >= 0.6 is 0 Å². The Morgan fingerprint density at radius 3 is 2.90 bits per heavy atom. The van der Waals surface area contributed by atoms with Crippen LogP contribution in [0, 0.1) is 0 Å². The number of nitrogens with one attached hydrogen (secondary N) is 2. The molecule has 3 aromatic heterocycles. The van der Waals surface area contributed by atoms with Gasteiger partial charge < -0.3 is 10.3 Å². The van der Waals surface area contributed by atoms with Crippen LogP contribution in [0.15, 0.2) is 54.1 Å². The first-order valence-corrected chi connectivity index (χ1v) is 6.04. The van der Waals surface area contributed by atoms with Gasteiger partial charge in [-0.15, -0.1) is 0 Å². The van der Waals surface area contributed by atoms with Gasteiger partial charge in [0.05, 0.1) is 11.3 Å². The molecule has 8 nitrogen and oxygen atoms in total. The Labute approximate surface area is 118 Å². The van der Waals surface area contributed by atoms with Crippen LogP contribution in [0.3, 0.4) is 0 Å². The van der Waals surface area contributed by atoms with E-state index in [-0.39, 0.29) is 11.5 Å². The topological polar surface area (TPSA) is 106 Å². The zero-order valence-electron chi connectivity index (χ0n) is 10.7. The lowest BCUT2D eigenvalue weighted by atomic mass is 10.2. The van der Waals surface area contributed by atoms with Gasteiger partial charge in [-0.3, -0.25) is 9.59 Å². The van der Waals surface area contributed by atoms with Crippen molar-refractivity contribution in [2.45, 2.75) is 0 Å². The van der Waals surface area contributed by atoms with Crippen LogP contribution in [0.25, 0.3) is 5.82 Å². The molecule has 3 aromatic rings. The molecule has 21 heavy (non-hydrogen) atoms. The molecule has 0 aliphatic heterocycles. The molecule has 1 amide bonds. The number of nitrogens with zero attached hydrogens (tertiary/aromatic N) is 4. The van der Waals surface area contributed by atoms with Gasteiger partial charge >= 0.3 is 0 Å². The summed E-state index contributed by atoms with van der Waals surface area (Å²) in [5.74, 6) is 0.0911. The molecule has 0 aromatic carbocycles. The fraction of sp³-hybridized carbons (Fsp3) is 0. The number of aromatic amines is 1. The summed E-state index contributed by atoms with van der Waals surface area (Å²) in [6, 6.07) is 6.13. The summed E-state index contributed by atoms with van der Waals surface area (Å²) >= 11 is 0. The molecule has 2 N–H and O–H groups in total. The molecule has 0 unspecified atom stereocenters. The number of pyridine rings is 2. The number of amides is 1. The maximum Gasteiger partial charge on any atom is 0.257 e. The third-order valence-corrected chi connectivity index (χ3v) is 2.72. The highest BCUT2D eigenvalue weighted by molar-refractivity contribution is 6.04. The second-order valence-corrected chi connectivity index (χ2v) is 4.11. The first-order valence-electron chi connectivity index (χ1n) is 6.04. The maximum atomic E-state index is 12.1. The zero-order valence-corrected chi connectivity index (χ0v) is 10.7. The third kappa shape index (κ3) is 2.68. The summed E-state index contributed by atoms with van der Waals surface area (Å²) < 4.78 is 1.45. The number of hydrogen-bond acceptors (Lipinski definition) is 5. The van der Waals surface area contributed by atoms with Crippen LogP contribution in [0.5, 0.6) is 0 Å². The van der Waals surface area contributed by atoms with Gasteiger partial charge in [0.15, 0.2) is 5.82 Å². The first kappa shape index (κ1) is 12.7. The van der Waals surface area contributed by atoms with Gasteiger partial charge in [-0.1, -0.05) is 0 Å². The highest BCUT2D eigenvalue weighted by Crippen LogP contribution is 2.16. The van der Waals surface area contributed by atoms with E-state index in [2.05, 4.69) is 25.4 Å². The van der Waals surface area contributed by atoms with Crippen molar-refractivity contribution < 1.29 is 4.79 Å².